The van der Waals surface area contributed by atoms with Crippen molar-refractivity contribution in [1.82, 2.24) is 9.97 Å². The molecule has 0 spiro atoms. The molecule has 0 amide bonds. The van der Waals surface area contributed by atoms with Gasteiger partial charge in [-0.2, -0.15) is 0 Å². The first-order chi connectivity index (χ1) is 8.25. The van der Waals surface area contributed by atoms with Crippen molar-refractivity contribution in [3.8, 4) is 17.0 Å². The van der Waals surface area contributed by atoms with Crippen LogP contribution in [0.5, 0.6) is 5.75 Å². The number of nitrogens with zero attached hydrogens (tertiary/aromatic N) is 1. The number of hydrogen-bond donors (Lipinski definition) is 2. The molecule has 0 aliphatic heterocycles. The summed E-state index contributed by atoms with van der Waals surface area (Å²) < 4.78 is 0. The quantitative estimate of drug-likeness (QED) is 0.666. The van der Waals surface area contributed by atoms with E-state index in [1.165, 1.54) is 0 Å². The zero-order valence-corrected chi connectivity index (χ0v) is 9.44. The summed E-state index contributed by atoms with van der Waals surface area (Å²) in [7, 11) is 0. The largest absolute Gasteiger partial charge is 0.507 e. The molecule has 0 aliphatic rings. The third-order valence-electron chi connectivity index (χ3n) is 2.88. The number of aromatic nitrogens is 2. The summed E-state index contributed by atoms with van der Waals surface area (Å²) in [6.07, 6.45) is 1.75. The molecule has 1 aromatic heterocycles. The van der Waals surface area contributed by atoms with Crippen molar-refractivity contribution in [2.24, 2.45) is 0 Å². The summed E-state index contributed by atoms with van der Waals surface area (Å²) in [5, 5.41) is 12.2. The van der Waals surface area contributed by atoms with E-state index in [1.54, 1.807) is 12.3 Å². The first-order valence-electron chi connectivity index (χ1n) is 5.48. The van der Waals surface area contributed by atoms with Crippen LogP contribution in [0.2, 0.25) is 0 Å². The van der Waals surface area contributed by atoms with Crippen LogP contribution < -0.4 is 0 Å². The number of aryl methyl sites for hydroxylation is 1. The zero-order chi connectivity index (χ0) is 11.8. The molecule has 3 rings (SSSR count). The normalized spacial score (nSPS) is 10.9. The smallest absolute Gasteiger partial charge is 0.125 e. The number of imidazole rings is 1. The molecule has 0 atom stereocenters. The summed E-state index contributed by atoms with van der Waals surface area (Å²) in [5.41, 5.74) is 1.65. The van der Waals surface area contributed by atoms with Gasteiger partial charge in [0.1, 0.15) is 11.6 Å². The molecular weight excluding hydrogens is 212 g/mol. The van der Waals surface area contributed by atoms with Crippen LogP contribution in [0.25, 0.3) is 22.0 Å². The van der Waals surface area contributed by atoms with E-state index >= 15 is 0 Å². The van der Waals surface area contributed by atoms with Crippen molar-refractivity contribution in [3.63, 3.8) is 0 Å². The molecule has 2 aromatic carbocycles. The molecule has 3 aromatic rings. The number of benzene rings is 2. The molecule has 0 fully saturated rings. The lowest BCUT2D eigenvalue weighted by Crippen LogP contribution is -1.83. The number of aromatic hydroxyl groups is 1. The molecule has 0 radical (unpaired) electrons. The molecule has 0 unspecified atom stereocenters. The van der Waals surface area contributed by atoms with E-state index in [0.29, 0.717) is 0 Å². The van der Waals surface area contributed by atoms with Crippen molar-refractivity contribution in [2.75, 3.05) is 0 Å². The van der Waals surface area contributed by atoms with Gasteiger partial charge in [0, 0.05) is 5.56 Å². The molecule has 3 heteroatoms. The maximum absolute atomic E-state index is 10.0. The summed E-state index contributed by atoms with van der Waals surface area (Å²) in [4.78, 5) is 7.33. The highest BCUT2D eigenvalue weighted by atomic mass is 16.3. The molecule has 0 saturated heterocycles. The van der Waals surface area contributed by atoms with Crippen LogP contribution in [0.15, 0.2) is 42.6 Å². The van der Waals surface area contributed by atoms with Crippen LogP contribution in [-0.4, -0.2) is 15.1 Å². The second-order valence-corrected chi connectivity index (χ2v) is 4.06. The van der Waals surface area contributed by atoms with Crippen LogP contribution in [0.1, 0.15) is 5.82 Å². The van der Waals surface area contributed by atoms with Gasteiger partial charge in [-0.25, -0.2) is 4.98 Å². The number of nitrogens with one attached hydrogen (secondary N) is 1. The Morgan fingerprint density at radius 1 is 1.12 bits per heavy atom. The third kappa shape index (κ3) is 1.56. The summed E-state index contributed by atoms with van der Waals surface area (Å²) >= 11 is 0. The second kappa shape index (κ2) is 3.63. The highest BCUT2D eigenvalue weighted by Crippen LogP contribution is 2.35. The van der Waals surface area contributed by atoms with E-state index in [-0.39, 0.29) is 5.75 Å². The van der Waals surface area contributed by atoms with E-state index < -0.39 is 0 Å². The average molecular weight is 224 g/mol. The van der Waals surface area contributed by atoms with E-state index in [1.807, 2.05) is 37.3 Å². The van der Waals surface area contributed by atoms with Crippen molar-refractivity contribution < 1.29 is 5.11 Å². The van der Waals surface area contributed by atoms with Crippen LogP contribution in [0, 0.1) is 6.92 Å². The van der Waals surface area contributed by atoms with E-state index in [4.69, 9.17) is 0 Å². The lowest BCUT2D eigenvalue weighted by atomic mass is 10.0. The average Bonchev–Trinajstić information content (AvgIpc) is 2.75. The van der Waals surface area contributed by atoms with Gasteiger partial charge >= 0.3 is 0 Å². The van der Waals surface area contributed by atoms with E-state index in [2.05, 4.69) is 9.97 Å². The standard InChI is InChI=1S/C14H12N2O/c1-9-15-8-12(16-9)14-11-5-3-2-4-10(11)6-7-13(14)17/h2-8,17H,1H3,(H,15,16). The van der Waals surface area contributed by atoms with Gasteiger partial charge in [-0.3, -0.25) is 0 Å². The van der Waals surface area contributed by atoms with Gasteiger partial charge in [-0.15, -0.1) is 0 Å². The van der Waals surface area contributed by atoms with Gasteiger partial charge in [0.25, 0.3) is 0 Å². The van der Waals surface area contributed by atoms with Crippen LogP contribution >= 0.6 is 0 Å². The maximum Gasteiger partial charge on any atom is 0.125 e. The first kappa shape index (κ1) is 9.90. The number of phenols is 1. The fourth-order valence-corrected chi connectivity index (χ4v) is 2.09. The molecule has 2 N–H and O–H groups in total. The predicted molar refractivity (Wildman–Crippen MR) is 67.9 cm³/mol. The summed E-state index contributed by atoms with van der Waals surface area (Å²) in [5.74, 6) is 1.11. The molecular formula is C14H12N2O. The van der Waals surface area contributed by atoms with Crippen molar-refractivity contribution in [2.45, 2.75) is 6.92 Å². The Morgan fingerprint density at radius 2 is 1.94 bits per heavy atom. The van der Waals surface area contributed by atoms with E-state index in [0.717, 1.165) is 27.9 Å². The van der Waals surface area contributed by atoms with Crippen molar-refractivity contribution in [3.05, 3.63) is 48.4 Å². The Morgan fingerprint density at radius 3 is 2.71 bits per heavy atom. The number of hydrogen-bond acceptors (Lipinski definition) is 2. The van der Waals surface area contributed by atoms with Gasteiger partial charge in [-0.1, -0.05) is 30.3 Å². The Kier molecular flexibility index (Phi) is 2.11. The van der Waals surface area contributed by atoms with Crippen molar-refractivity contribution in [1.29, 1.82) is 0 Å². The van der Waals surface area contributed by atoms with Gasteiger partial charge in [-0.05, 0) is 23.8 Å². The lowest BCUT2D eigenvalue weighted by Gasteiger charge is -2.06. The van der Waals surface area contributed by atoms with Gasteiger partial charge in [0.05, 0.1) is 11.9 Å². The fourth-order valence-electron chi connectivity index (χ4n) is 2.09. The van der Waals surface area contributed by atoms with Crippen LogP contribution in [0.3, 0.4) is 0 Å². The van der Waals surface area contributed by atoms with E-state index in [9.17, 15) is 5.11 Å². The minimum Gasteiger partial charge on any atom is -0.507 e. The number of phenolic OH excluding ortho intramolecular Hbond substituents is 1. The summed E-state index contributed by atoms with van der Waals surface area (Å²) in [6.45, 7) is 1.89. The fraction of sp³-hybridized carbons (Fsp3) is 0.0714. The molecule has 0 aliphatic carbocycles. The molecule has 84 valence electrons. The number of H-pyrrole nitrogens is 1. The SMILES string of the molecule is Cc1ncc(-c2c(O)ccc3ccccc23)[nH]1. The van der Waals surface area contributed by atoms with Crippen LogP contribution in [-0.2, 0) is 0 Å². The third-order valence-corrected chi connectivity index (χ3v) is 2.88. The Bertz CT molecular complexity index is 686. The first-order valence-corrected chi connectivity index (χ1v) is 5.48. The monoisotopic (exact) mass is 224 g/mol. The summed E-state index contributed by atoms with van der Waals surface area (Å²) in [6, 6.07) is 11.6. The number of rotatable bonds is 1. The lowest BCUT2D eigenvalue weighted by molar-refractivity contribution is 0.478. The predicted octanol–water partition coefficient (Wildman–Crippen LogP) is 3.24. The molecule has 3 nitrogen and oxygen atoms in total. The number of fused-ring (bicyclic) bond motifs is 1. The second-order valence-electron chi connectivity index (χ2n) is 4.06. The Hall–Kier alpha value is -2.29. The van der Waals surface area contributed by atoms with Gasteiger partial charge < -0.3 is 10.1 Å². The Labute approximate surface area is 98.8 Å². The topological polar surface area (TPSA) is 48.9 Å². The zero-order valence-electron chi connectivity index (χ0n) is 9.44. The molecule has 0 saturated carbocycles. The Balaban J connectivity index is 2.38. The van der Waals surface area contributed by atoms with Gasteiger partial charge in [0.15, 0.2) is 0 Å². The minimum absolute atomic E-state index is 0.271. The van der Waals surface area contributed by atoms with Gasteiger partial charge in [0.2, 0.25) is 0 Å². The molecule has 1 heterocycles. The molecule has 0 bridgehead atoms. The van der Waals surface area contributed by atoms with Crippen LogP contribution in [0.4, 0.5) is 0 Å². The minimum atomic E-state index is 0.271. The molecule has 17 heavy (non-hydrogen) atoms. The highest BCUT2D eigenvalue weighted by Gasteiger charge is 2.10. The van der Waals surface area contributed by atoms with Crippen molar-refractivity contribution >= 4 is 10.8 Å². The maximum atomic E-state index is 10.0. The number of aromatic amines is 1. The highest BCUT2D eigenvalue weighted by molar-refractivity contribution is 5.98.